The van der Waals surface area contributed by atoms with Gasteiger partial charge in [0.05, 0.1) is 26.8 Å². The summed E-state index contributed by atoms with van der Waals surface area (Å²) in [7, 11) is 2.28. The number of pyridine rings is 1. The molecule has 0 N–H and O–H groups in total. The zero-order chi connectivity index (χ0) is 15.3. The van der Waals surface area contributed by atoms with Crippen LogP contribution in [0.4, 0.5) is 17.6 Å². The molecule has 9 heteroatoms. The highest BCUT2D eigenvalue weighted by Crippen LogP contribution is 2.33. The highest BCUT2D eigenvalue weighted by molar-refractivity contribution is 5.74. The van der Waals surface area contributed by atoms with E-state index in [1.54, 1.807) is 0 Å². The van der Waals surface area contributed by atoms with Crippen LogP contribution in [0.15, 0.2) is 6.20 Å². The molecular formula is C11H11F4NO4. The van der Waals surface area contributed by atoms with Crippen molar-refractivity contribution in [3.63, 3.8) is 0 Å². The molecule has 0 aliphatic carbocycles. The van der Waals surface area contributed by atoms with Gasteiger partial charge in [-0.2, -0.15) is 0 Å². The van der Waals surface area contributed by atoms with Gasteiger partial charge in [-0.25, -0.2) is 9.37 Å². The SMILES string of the molecule is COC(=O)Cc1c(OC)ncc(OC(F)(F)F)c1CF. The lowest BCUT2D eigenvalue weighted by Gasteiger charge is -2.16. The summed E-state index contributed by atoms with van der Waals surface area (Å²) in [5.74, 6) is -1.76. The van der Waals surface area contributed by atoms with Crippen LogP contribution in [0.2, 0.25) is 0 Å². The molecule has 0 aliphatic heterocycles. The van der Waals surface area contributed by atoms with Crippen LogP contribution in [0.5, 0.6) is 11.6 Å². The van der Waals surface area contributed by atoms with E-state index in [1.807, 2.05) is 0 Å². The molecule has 0 radical (unpaired) electrons. The Morgan fingerprint density at radius 1 is 1.30 bits per heavy atom. The fourth-order valence-electron chi connectivity index (χ4n) is 1.48. The Kier molecular flexibility index (Phi) is 5.12. The van der Waals surface area contributed by atoms with Crippen LogP contribution < -0.4 is 9.47 Å². The number of esters is 1. The molecule has 0 bridgehead atoms. The number of halogens is 4. The summed E-state index contributed by atoms with van der Waals surface area (Å²) in [6, 6.07) is 0. The number of carbonyl (C=O) groups is 1. The number of alkyl halides is 4. The highest BCUT2D eigenvalue weighted by atomic mass is 19.4. The fourth-order valence-corrected chi connectivity index (χ4v) is 1.48. The monoisotopic (exact) mass is 297 g/mol. The van der Waals surface area contributed by atoms with Gasteiger partial charge >= 0.3 is 12.3 Å². The number of hydrogen-bond acceptors (Lipinski definition) is 5. The second-order valence-electron chi connectivity index (χ2n) is 3.52. The standard InChI is InChI=1S/C11H11F4NO4/c1-18-9(17)3-6-7(4-12)8(20-11(13,14)15)5-16-10(6)19-2/h5H,3-4H2,1-2H3. The first-order valence-electron chi connectivity index (χ1n) is 5.25. The number of methoxy groups -OCH3 is 2. The lowest BCUT2D eigenvalue weighted by molar-refractivity contribution is -0.275. The van der Waals surface area contributed by atoms with E-state index < -0.39 is 36.7 Å². The zero-order valence-electron chi connectivity index (χ0n) is 10.6. The third-order valence-electron chi connectivity index (χ3n) is 2.32. The Hall–Kier alpha value is -2.06. The maximum atomic E-state index is 13.0. The Morgan fingerprint density at radius 3 is 2.40 bits per heavy atom. The first-order valence-corrected chi connectivity index (χ1v) is 5.25. The van der Waals surface area contributed by atoms with E-state index in [2.05, 4.69) is 14.5 Å². The Labute approximate surface area is 111 Å². The topological polar surface area (TPSA) is 57.7 Å². The molecule has 1 aromatic heterocycles. The average Bonchev–Trinajstić information content (AvgIpc) is 2.37. The van der Waals surface area contributed by atoms with Crippen molar-refractivity contribution in [3.05, 3.63) is 17.3 Å². The maximum Gasteiger partial charge on any atom is 0.573 e. The summed E-state index contributed by atoms with van der Waals surface area (Å²) in [5, 5.41) is 0. The molecule has 0 fully saturated rings. The molecular weight excluding hydrogens is 286 g/mol. The van der Waals surface area contributed by atoms with Gasteiger partial charge in [0, 0.05) is 11.1 Å². The predicted octanol–water partition coefficient (Wildman–Crippen LogP) is 2.17. The van der Waals surface area contributed by atoms with E-state index in [9.17, 15) is 22.4 Å². The van der Waals surface area contributed by atoms with Crippen molar-refractivity contribution in [2.75, 3.05) is 14.2 Å². The van der Waals surface area contributed by atoms with Crippen LogP contribution in [0.3, 0.4) is 0 Å². The van der Waals surface area contributed by atoms with Crippen molar-refractivity contribution in [1.29, 1.82) is 0 Å². The molecule has 0 unspecified atom stereocenters. The quantitative estimate of drug-likeness (QED) is 0.616. The third-order valence-corrected chi connectivity index (χ3v) is 2.32. The second kappa shape index (κ2) is 6.40. The minimum Gasteiger partial charge on any atom is -0.481 e. The fraction of sp³-hybridized carbons (Fsp3) is 0.455. The van der Waals surface area contributed by atoms with Gasteiger partial charge < -0.3 is 14.2 Å². The molecule has 0 amide bonds. The summed E-state index contributed by atoms with van der Waals surface area (Å²) < 4.78 is 62.5. The molecule has 0 spiro atoms. The van der Waals surface area contributed by atoms with Gasteiger partial charge in [-0.05, 0) is 0 Å². The summed E-state index contributed by atoms with van der Waals surface area (Å²) >= 11 is 0. The molecule has 0 aromatic carbocycles. The molecule has 0 atom stereocenters. The maximum absolute atomic E-state index is 13.0. The lowest BCUT2D eigenvalue weighted by atomic mass is 10.1. The number of aromatic nitrogens is 1. The second-order valence-corrected chi connectivity index (χ2v) is 3.52. The predicted molar refractivity (Wildman–Crippen MR) is 58.0 cm³/mol. The Morgan fingerprint density at radius 2 is 1.95 bits per heavy atom. The van der Waals surface area contributed by atoms with Gasteiger partial charge in [-0.15, -0.1) is 13.2 Å². The molecule has 0 aliphatic rings. The van der Waals surface area contributed by atoms with E-state index in [4.69, 9.17) is 4.74 Å². The highest BCUT2D eigenvalue weighted by Gasteiger charge is 2.33. The van der Waals surface area contributed by atoms with Gasteiger partial charge in [0.2, 0.25) is 5.88 Å². The van der Waals surface area contributed by atoms with Crippen molar-refractivity contribution in [1.82, 2.24) is 4.98 Å². The molecule has 0 saturated carbocycles. The van der Waals surface area contributed by atoms with Gasteiger partial charge in [-0.3, -0.25) is 4.79 Å². The molecule has 0 saturated heterocycles. The number of ether oxygens (including phenoxy) is 3. The summed E-state index contributed by atoms with van der Waals surface area (Å²) in [5.41, 5.74) is -0.608. The number of hydrogen-bond donors (Lipinski definition) is 0. The van der Waals surface area contributed by atoms with Crippen molar-refractivity contribution >= 4 is 5.97 Å². The van der Waals surface area contributed by atoms with Crippen molar-refractivity contribution < 1.29 is 36.6 Å². The molecule has 20 heavy (non-hydrogen) atoms. The molecule has 1 heterocycles. The Balaban J connectivity index is 3.28. The van der Waals surface area contributed by atoms with E-state index in [-0.39, 0.29) is 11.4 Å². The lowest BCUT2D eigenvalue weighted by Crippen LogP contribution is -2.19. The molecule has 1 rings (SSSR count). The van der Waals surface area contributed by atoms with E-state index in [0.29, 0.717) is 6.20 Å². The van der Waals surface area contributed by atoms with Gasteiger partial charge in [0.25, 0.3) is 0 Å². The van der Waals surface area contributed by atoms with Crippen molar-refractivity contribution in [3.8, 4) is 11.6 Å². The van der Waals surface area contributed by atoms with Gasteiger partial charge in [0.1, 0.15) is 6.67 Å². The minimum absolute atomic E-state index is 0.149. The van der Waals surface area contributed by atoms with Crippen LogP contribution in [-0.4, -0.2) is 31.5 Å². The van der Waals surface area contributed by atoms with Gasteiger partial charge in [-0.1, -0.05) is 0 Å². The molecule has 1 aromatic rings. The van der Waals surface area contributed by atoms with Crippen molar-refractivity contribution in [2.24, 2.45) is 0 Å². The van der Waals surface area contributed by atoms with E-state index in [0.717, 1.165) is 7.11 Å². The number of nitrogens with zero attached hydrogens (tertiary/aromatic N) is 1. The third kappa shape index (κ3) is 3.97. The van der Waals surface area contributed by atoms with Gasteiger partial charge in [0.15, 0.2) is 5.75 Å². The Bertz CT molecular complexity index is 490. The molecule has 112 valence electrons. The largest absolute Gasteiger partial charge is 0.573 e. The van der Waals surface area contributed by atoms with Crippen LogP contribution in [0.25, 0.3) is 0 Å². The summed E-state index contributed by atoms with van der Waals surface area (Å²) in [4.78, 5) is 14.8. The average molecular weight is 297 g/mol. The first-order chi connectivity index (χ1) is 9.32. The minimum atomic E-state index is -5.00. The van der Waals surface area contributed by atoms with Crippen molar-refractivity contribution in [2.45, 2.75) is 19.5 Å². The molecule has 5 nitrogen and oxygen atoms in total. The number of rotatable bonds is 5. The van der Waals surface area contributed by atoms with Crippen LogP contribution in [0.1, 0.15) is 11.1 Å². The van der Waals surface area contributed by atoms with E-state index >= 15 is 0 Å². The summed E-state index contributed by atoms with van der Waals surface area (Å²) in [6.45, 7) is -1.28. The van der Waals surface area contributed by atoms with Crippen LogP contribution in [-0.2, 0) is 22.6 Å². The van der Waals surface area contributed by atoms with Crippen LogP contribution >= 0.6 is 0 Å². The zero-order valence-corrected chi connectivity index (χ0v) is 10.6. The first kappa shape index (κ1) is 16.0. The normalized spacial score (nSPS) is 11.1. The smallest absolute Gasteiger partial charge is 0.481 e. The summed E-state index contributed by atoms with van der Waals surface area (Å²) in [6.07, 6.45) is -4.80. The van der Waals surface area contributed by atoms with Crippen LogP contribution in [0, 0.1) is 0 Å². The number of carbonyl (C=O) groups excluding carboxylic acids is 1. The van der Waals surface area contributed by atoms with E-state index in [1.165, 1.54) is 7.11 Å².